The van der Waals surface area contributed by atoms with Crippen molar-refractivity contribution >= 4 is 40.0 Å². The highest BCUT2D eigenvalue weighted by Gasteiger charge is 2.11. The minimum Gasteiger partial charge on any atom is -0.356 e. The Balaban J connectivity index is 0.00000420. The fourth-order valence-electron chi connectivity index (χ4n) is 2.65. The van der Waals surface area contributed by atoms with Gasteiger partial charge in [0.2, 0.25) is 10.0 Å². The third kappa shape index (κ3) is 9.60. The molecular weight excluding hydrogens is 499 g/mol. The Kier molecular flexibility index (Phi) is 11.2. The van der Waals surface area contributed by atoms with Gasteiger partial charge in [-0.05, 0) is 24.0 Å². The minimum absolute atomic E-state index is 0. The molecule has 0 amide bonds. The predicted molar refractivity (Wildman–Crippen MR) is 131 cm³/mol. The lowest BCUT2D eigenvalue weighted by molar-refractivity contribution is 0.579. The summed E-state index contributed by atoms with van der Waals surface area (Å²) in [6, 6.07) is 17.9. The van der Waals surface area contributed by atoms with Gasteiger partial charge >= 0.3 is 0 Å². The summed E-state index contributed by atoms with van der Waals surface area (Å²) in [7, 11) is -1.68. The van der Waals surface area contributed by atoms with Crippen molar-refractivity contribution in [3.8, 4) is 0 Å². The van der Waals surface area contributed by atoms with E-state index in [-0.39, 0.29) is 36.3 Å². The van der Waals surface area contributed by atoms with Gasteiger partial charge in [0.1, 0.15) is 0 Å². The van der Waals surface area contributed by atoms with E-state index in [9.17, 15) is 8.42 Å². The van der Waals surface area contributed by atoms with Crippen molar-refractivity contribution in [1.82, 2.24) is 15.4 Å². The molecule has 0 aliphatic carbocycles. The van der Waals surface area contributed by atoms with Gasteiger partial charge in [-0.2, -0.15) is 0 Å². The largest absolute Gasteiger partial charge is 0.356 e. The summed E-state index contributed by atoms with van der Waals surface area (Å²) < 4.78 is 26.9. The zero-order valence-electron chi connectivity index (χ0n) is 17.2. The molecule has 3 N–H and O–H groups in total. The molecule has 0 aliphatic heterocycles. The maximum atomic E-state index is 12.1. The summed E-state index contributed by atoms with van der Waals surface area (Å²) in [6.45, 7) is 5.50. The molecule has 0 radical (unpaired) electrons. The van der Waals surface area contributed by atoms with E-state index in [1.165, 1.54) is 11.1 Å². The molecule has 2 rings (SSSR count). The summed E-state index contributed by atoms with van der Waals surface area (Å²) in [6.07, 6.45) is 0. The van der Waals surface area contributed by atoms with Gasteiger partial charge in [-0.25, -0.2) is 13.1 Å². The first kappa shape index (κ1) is 25.4. The van der Waals surface area contributed by atoms with Crippen LogP contribution in [0, 0.1) is 6.92 Å². The molecule has 0 fully saturated rings. The lowest BCUT2D eigenvalue weighted by Gasteiger charge is -2.16. The summed E-state index contributed by atoms with van der Waals surface area (Å²) in [5.74, 6) is 0.890. The van der Waals surface area contributed by atoms with Crippen molar-refractivity contribution in [3.63, 3.8) is 0 Å². The number of halogens is 1. The van der Waals surface area contributed by atoms with Gasteiger partial charge in [0, 0.05) is 26.7 Å². The average molecular weight is 530 g/mol. The number of benzene rings is 2. The highest BCUT2D eigenvalue weighted by molar-refractivity contribution is 14.0. The number of sulfonamides is 1. The van der Waals surface area contributed by atoms with E-state index in [1.54, 1.807) is 7.05 Å². The van der Waals surface area contributed by atoms with Gasteiger partial charge in [-0.1, -0.05) is 67.1 Å². The zero-order valence-corrected chi connectivity index (χ0v) is 20.3. The summed E-state index contributed by atoms with van der Waals surface area (Å²) in [5, 5.41) is 6.31. The molecular formula is C21H31IN4O2S. The van der Waals surface area contributed by atoms with Crippen molar-refractivity contribution < 1.29 is 8.42 Å². The van der Waals surface area contributed by atoms with Crippen LogP contribution in [0.4, 0.5) is 0 Å². The van der Waals surface area contributed by atoms with Crippen LogP contribution in [-0.4, -0.2) is 40.3 Å². The molecule has 0 heterocycles. The Bertz CT molecular complexity index is 856. The van der Waals surface area contributed by atoms with E-state index >= 15 is 0 Å². The summed E-state index contributed by atoms with van der Waals surface area (Å²) in [5.41, 5.74) is 3.42. The van der Waals surface area contributed by atoms with Crippen LogP contribution in [0.1, 0.15) is 29.5 Å². The van der Waals surface area contributed by atoms with Crippen molar-refractivity contribution in [1.29, 1.82) is 0 Å². The molecule has 0 aromatic heterocycles. The Morgan fingerprint density at radius 2 is 1.69 bits per heavy atom. The van der Waals surface area contributed by atoms with Crippen LogP contribution in [0.3, 0.4) is 0 Å². The first-order valence-electron chi connectivity index (χ1n) is 9.42. The molecule has 2 aromatic carbocycles. The lowest BCUT2D eigenvalue weighted by atomic mass is 10.0. The molecule has 0 spiro atoms. The second kappa shape index (κ2) is 12.8. The molecule has 1 unspecified atom stereocenters. The highest BCUT2D eigenvalue weighted by atomic mass is 127. The number of rotatable bonds is 9. The van der Waals surface area contributed by atoms with Gasteiger partial charge in [0.05, 0.1) is 5.75 Å². The second-order valence-electron chi connectivity index (χ2n) is 6.82. The number of hydrogen-bond donors (Lipinski definition) is 3. The van der Waals surface area contributed by atoms with Gasteiger partial charge in [0.15, 0.2) is 5.96 Å². The Morgan fingerprint density at radius 3 is 2.31 bits per heavy atom. The Hall–Kier alpha value is -1.65. The summed E-state index contributed by atoms with van der Waals surface area (Å²) in [4.78, 5) is 4.16. The van der Waals surface area contributed by atoms with E-state index in [0.717, 1.165) is 5.56 Å². The highest BCUT2D eigenvalue weighted by Crippen LogP contribution is 2.14. The predicted octanol–water partition coefficient (Wildman–Crippen LogP) is 3.00. The number of nitrogens with one attached hydrogen (secondary N) is 3. The molecule has 160 valence electrons. The van der Waals surface area contributed by atoms with Crippen molar-refractivity contribution in [3.05, 3.63) is 71.3 Å². The lowest BCUT2D eigenvalue weighted by Crippen LogP contribution is -2.42. The van der Waals surface area contributed by atoms with Crippen LogP contribution in [0.2, 0.25) is 0 Å². The van der Waals surface area contributed by atoms with Crippen molar-refractivity contribution in [2.24, 2.45) is 4.99 Å². The minimum atomic E-state index is -3.36. The zero-order chi connectivity index (χ0) is 20.4. The van der Waals surface area contributed by atoms with Crippen LogP contribution in [0.25, 0.3) is 0 Å². The molecule has 0 saturated heterocycles. The van der Waals surface area contributed by atoms with Crippen molar-refractivity contribution in [2.45, 2.75) is 26.3 Å². The van der Waals surface area contributed by atoms with Gasteiger partial charge in [-0.15, -0.1) is 24.0 Å². The molecule has 8 heteroatoms. The van der Waals surface area contributed by atoms with Crippen LogP contribution in [0.5, 0.6) is 0 Å². The van der Waals surface area contributed by atoms with Crippen LogP contribution < -0.4 is 15.4 Å². The topological polar surface area (TPSA) is 82.6 Å². The smallest absolute Gasteiger partial charge is 0.213 e. The SMILES string of the molecule is CN=C(NCCS(=O)(=O)NCc1ccccc1)NCC(C)c1ccc(C)cc1.I. The van der Waals surface area contributed by atoms with Gasteiger partial charge in [-0.3, -0.25) is 4.99 Å². The first-order chi connectivity index (χ1) is 13.4. The fraction of sp³-hybridized carbons (Fsp3) is 0.381. The van der Waals surface area contributed by atoms with E-state index in [2.05, 4.69) is 58.5 Å². The van der Waals surface area contributed by atoms with E-state index in [4.69, 9.17) is 0 Å². The monoisotopic (exact) mass is 530 g/mol. The number of nitrogens with zero attached hydrogens (tertiary/aromatic N) is 1. The van der Waals surface area contributed by atoms with Crippen LogP contribution in [-0.2, 0) is 16.6 Å². The van der Waals surface area contributed by atoms with Crippen molar-refractivity contribution in [2.75, 3.05) is 25.9 Å². The Morgan fingerprint density at radius 1 is 1.03 bits per heavy atom. The van der Waals surface area contributed by atoms with E-state index in [1.807, 2.05) is 30.3 Å². The number of aliphatic imine (C=N–C) groups is 1. The normalized spacial score (nSPS) is 12.7. The third-order valence-electron chi connectivity index (χ3n) is 4.45. The molecule has 0 saturated carbocycles. The Labute approximate surface area is 191 Å². The van der Waals surface area contributed by atoms with Crippen LogP contribution >= 0.6 is 24.0 Å². The maximum Gasteiger partial charge on any atom is 0.213 e. The third-order valence-corrected chi connectivity index (χ3v) is 5.77. The molecule has 0 bridgehead atoms. The molecule has 6 nitrogen and oxygen atoms in total. The average Bonchev–Trinajstić information content (AvgIpc) is 2.70. The molecule has 1 atom stereocenters. The molecule has 0 aliphatic rings. The van der Waals surface area contributed by atoms with Gasteiger partial charge < -0.3 is 10.6 Å². The fourth-order valence-corrected chi connectivity index (χ4v) is 3.55. The second-order valence-corrected chi connectivity index (χ2v) is 8.74. The van der Waals surface area contributed by atoms with Gasteiger partial charge in [0.25, 0.3) is 0 Å². The molecule has 2 aromatic rings. The summed E-state index contributed by atoms with van der Waals surface area (Å²) >= 11 is 0. The van der Waals surface area contributed by atoms with E-state index in [0.29, 0.717) is 25.0 Å². The maximum absolute atomic E-state index is 12.1. The van der Waals surface area contributed by atoms with E-state index < -0.39 is 10.0 Å². The first-order valence-corrected chi connectivity index (χ1v) is 11.1. The number of aryl methyl sites for hydroxylation is 1. The number of guanidine groups is 1. The quantitative estimate of drug-likeness (QED) is 0.265. The standard InChI is InChI=1S/C21H30N4O2S.HI/c1-17-9-11-20(12-10-17)18(2)15-24-21(22-3)23-13-14-28(26,27)25-16-19-7-5-4-6-8-19;/h4-12,18,25H,13-16H2,1-3H3,(H2,22,23,24);1H. The van der Waals surface area contributed by atoms with Crippen LogP contribution in [0.15, 0.2) is 59.6 Å². The molecule has 29 heavy (non-hydrogen) atoms. The number of hydrogen-bond acceptors (Lipinski definition) is 3.